The van der Waals surface area contributed by atoms with Gasteiger partial charge >= 0.3 is 11.9 Å². The number of aryl methyl sites for hydroxylation is 1. The molecule has 0 saturated heterocycles. The van der Waals surface area contributed by atoms with Gasteiger partial charge in [0.2, 0.25) is 0 Å². The highest BCUT2D eigenvalue weighted by molar-refractivity contribution is 7.12. The molecule has 130 valence electrons. The van der Waals surface area contributed by atoms with E-state index in [4.69, 9.17) is 9.47 Å². The minimum atomic E-state index is -1.06. The third kappa shape index (κ3) is 3.52. The van der Waals surface area contributed by atoms with Gasteiger partial charge in [-0.15, -0.1) is 11.3 Å². The maximum Gasteiger partial charge on any atom is 0.339 e. The lowest BCUT2D eigenvalue weighted by molar-refractivity contribution is -0.165. The molecule has 0 aliphatic carbocycles. The first-order chi connectivity index (χ1) is 11.3. The van der Waals surface area contributed by atoms with Crippen molar-refractivity contribution in [2.75, 3.05) is 7.11 Å². The molecule has 2 atom stereocenters. The maximum atomic E-state index is 12.6. The molecular formula is C17H21NO5S. The lowest BCUT2D eigenvalue weighted by Crippen LogP contribution is -2.32. The van der Waals surface area contributed by atoms with Crippen molar-refractivity contribution >= 4 is 23.3 Å². The fourth-order valence-corrected chi connectivity index (χ4v) is 3.70. The second-order valence-electron chi connectivity index (χ2n) is 5.60. The number of carbonyl (C=O) groups is 2. The lowest BCUT2D eigenvalue weighted by Gasteiger charge is -2.29. The zero-order valence-electron chi connectivity index (χ0n) is 14.3. The molecule has 0 aromatic carbocycles. The van der Waals surface area contributed by atoms with E-state index < -0.39 is 24.1 Å². The van der Waals surface area contributed by atoms with Crippen LogP contribution in [0.2, 0.25) is 0 Å². The van der Waals surface area contributed by atoms with Gasteiger partial charge in [-0.2, -0.15) is 0 Å². The van der Waals surface area contributed by atoms with E-state index in [1.54, 1.807) is 20.8 Å². The van der Waals surface area contributed by atoms with Crippen LogP contribution in [0.1, 0.15) is 36.4 Å². The van der Waals surface area contributed by atoms with Crippen molar-refractivity contribution in [3.05, 3.63) is 44.4 Å². The van der Waals surface area contributed by atoms with Crippen LogP contribution in [0.3, 0.4) is 0 Å². The fraction of sp³-hybridized carbons (Fsp3) is 0.412. The maximum absolute atomic E-state index is 12.6. The number of methoxy groups -OCH3 is 1. The number of carboxylic acid groups (broad SMARTS) is 1. The van der Waals surface area contributed by atoms with Gasteiger partial charge in [0.1, 0.15) is 0 Å². The molecule has 2 N–H and O–H groups in total. The lowest BCUT2D eigenvalue weighted by atomic mass is 9.84. The smallest absolute Gasteiger partial charge is 0.339 e. The Bertz CT molecular complexity index is 731. The molecule has 1 aromatic heterocycles. The van der Waals surface area contributed by atoms with Crippen molar-refractivity contribution in [1.82, 2.24) is 5.32 Å². The Balaban J connectivity index is 2.55. The summed E-state index contributed by atoms with van der Waals surface area (Å²) in [5.41, 5.74) is 1.55. The normalized spacial score (nSPS) is 19.1. The van der Waals surface area contributed by atoms with Crippen molar-refractivity contribution in [3.63, 3.8) is 0 Å². The number of hydrogen-bond acceptors (Lipinski definition) is 6. The minimum Gasteiger partial charge on any atom is -0.478 e. The minimum absolute atomic E-state index is 0.152. The summed E-state index contributed by atoms with van der Waals surface area (Å²) in [4.78, 5) is 26.3. The predicted octanol–water partition coefficient (Wildman–Crippen LogP) is 2.91. The van der Waals surface area contributed by atoms with E-state index in [1.807, 2.05) is 19.1 Å². The molecule has 1 aromatic rings. The third-order valence-electron chi connectivity index (χ3n) is 3.86. The molecule has 0 fully saturated rings. The molecule has 1 aliphatic heterocycles. The number of dihydropyridines is 1. The van der Waals surface area contributed by atoms with Crippen LogP contribution < -0.4 is 5.32 Å². The number of thiophene rings is 1. The van der Waals surface area contributed by atoms with Crippen LogP contribution in [-0.2, 0) is 19.1 Å². The number of nitrogens with one attached hydrogen (secondary N) is 1. The van der Waals surface area contributed by atoms with Crippen LogP contribution in [0.15, 0.2) is 34.7 Å². The van der Waals surface area contributed by atoms with Gasteiger partial charge in [-0.1, -0.05) is 0 Å². The largest absolute Gasteiger partial charge is 0.478 e. The number of aliphatic carboxylic acids is 1. The first kappa shape index (κ1) is 18.2. The predicted molar refractivity (Wildman–Crippen MR) is 90.5 cm³/mol. The molecule has 0 radical (unpaired) electrons. The Morgan fingerprint density at radius 3 is 2.33 bits per heavy atom. The van der Waals surface area contributed by atoms with Gasteiger partial charge in [0.15, 0.2) is 6.29 Å². The van der Waals surface area contributed by atoms with Crippen LogP contribution in [0, 0.1) is 6.92 Å². The first-order valence-corrected chi connectivity index (χ1v) is 8.29. The Morgan fingerprint density at radius 2 is 1.83 bits per heavy atom. The molecule has 0 amide bonds. The number of rotatable bonds is 5. The highest BCUT2D eigenvalue weighted by Crippen LogP contribution is 2.41. The highest BCUT2D eigenvalue weighted by Gasteiger charge is 2.38. The summed E-state index contributed by atoms with van der Waals surface area (Å²) >= 11 is 1.47. The molecule has 2 heterocycles. The number of carbonyl (C=O) groups excluding carboxylic acids is 1. The molecule has 6 nitrogen and oxygen atoms in total. The highest BCUT2D eigenvalue weighted by atomic mass is 32.1. The van der Waals surface area contributed by atoms with E-state index >= 15 is 0 Å². The molecule has 7 heteroatoms. The second-order valence-corrected chi connectivity index (χ2v) is 6.92. The Morgan fingerprint density at radius 1 is 1.21 bits per heavy atom. The summed E-state index contributed by atoms with van der Waals surface area (Å²) in [5, 5.41) is 12.6. The summed E-state index contributed by atoms with van der Waals surface area (Å²) in [6, 6.07) is 3.76. The quantitative estimate of drug-likeness (QED) is 0.627. The zero-order chi connectivity index (χ0) is 18.0. The van der Waals surface area contributed by atoms with Crippen molar-refractivity contribution in [1.29, 1.82) is 0 Å². The molecule has 2 rings (SSSR count). The molecule has 0 bridgehead atoms. The van der Waals surface area contributed by atoms with Crippen LogP contribution in [0.5, 0.6) is 0 Å². The van der Waals surface area contributed by atoms with Gasteiger partial charge in [-0.25, -0.2) is 9.59 Å². The average Bonchev–Trinajstić information content (AvgIpc) is 2.91. The number of allylic oxidation sites excluding steroid dienone is 2. The summed E-state index contributed by atoms with van der Waals surface area (Å²) in [6.45, 7) is 6.98. The van der Waals surface area contributed by atoms with Crippen molar-refractivity contribution in [2.24, 2.45) is 0 Å². The van der Waals surface area contributed by atoms with Crippen LogP contribution in [0.4, 0.5) is 0 Å². The van der Waals surface area contributed by atoms with Gasteiger partial charge in [0.05, 0.1) is 17.1 Å². The van der Waals surface area contributed by atoms with Gasteiger partial charge in [-0.05, 0) is 39.8 Å². The number of esters is 1. The third-order valence-corrected chi connectivity index (χ3v) is 4.93. The van der Waals surface area contributed by atoms with E-state index in [9.17, 15) is 14.7 Å². The Hall–Kier alpha value is -2.12. The zero-order valence-corrected chi connectivity index (χ0v) is 15.1. The molecule has 2 unspecified atom stereocenters. The van der Waals surface area contributed by atoms with Crippen LogP contribution in [-0.4, -0.2) is 30.4 Å². The molecular weight excluding hydrogens is 330 g/mol. The summed E-state index contributed by atoms with van der Waals surface area (Å²) in [6.07, 6.45) is -0.719. The second kappa shape index (κ2) is 7.19. The number of carboxylic acids is 1. The van der Waals surface area contributed by atoms with Crippen LogP contribution >= 0.6 is 11.3 Å². The van der Waals surface area contributed by atoms with E-state index in [0.717, 1.165) is 9.75 Å². The SMILES string of the molecule is COC(C)OC(=O)C1=C(C)NC(C)=C(C(=O)O)C1c1ccc(C)s1. The standard InChI is InChI=1S/C17H21NO5S/c1-8-6-7-12(24-8)15-13(16(19)20)9(2)18-10(3)14(15)17(21)23-11(4)22-5/h6-7,11,15,18H,1-5H3,(H,19,20). The molecule has 24 heavy (non-hydrogen) atoms. The van der Waals surface area contributed by atoms with E-state index in [-0.39, 0.29) is 5.57 Å². The Kier molecular flexibility index (Phi) is 5.46. The fourth-order valence-electron chi connectivity index (χ4n) is 2.70. The monoisotopic (exact) mass is 351 g/mol. The summed E-state index contributed by atoms with van der Waals surface area (Å²) < 4.78 is 10.2. The van der Waals surface area contributed by atoms with Gasteiger partial charge in [0, 0.05) is 28.3 Å². The van der Waals surface area contributed by atoms with Crippen molar-refractivity contribution in [2.45, 2.75) is 39.9 Å². The average molecular weight is 351 g/mol. The summed E-state index contributed by atoms with van der Waals surface area (Å²) in [7, 11) is 1.44. The Labute approximate surface area is 144 Å². The van der Waals surface area contributed by atoms with Crippen molar-refractivity contribution in [3.8, 4) is 0 Å². The topological polar surface area (TPSA) is 84.9 Å². The van der Waals surface area contributed by atoms with Gasteiger partial charge < -0.3 is 19.9 Å². The molecule has 0 spiro atoms. The van der Waals surface area contributed by atoms with E-state index in [2.05, 4.69) is 5.32 Å². The van der Waals surface area contributed by atoms with E-state index in [0.29, 0.717) is 17.0 Å². The summed E-state index contributed by atoms with van der Waals surface area (Å²) in [5.74, 6) is -2.32. The number of ether oxygens (including phenoxy) is 2. The molecule has 0 saturated carbocycles. The van der Waals surface area contributed by atoms with Gasteiger partial charge in [-0.3, -0.25) is 0 Å². The molecule has 1 aliphatic rings. The van der Waals surface area contributed by atoms with Gasteiger partial charge in [0.25, 0.3) is 0 Å². The van der Waals surface area contributed by atoms with Crippen LogP contribution in [0.25, 0.3) is 0 Å². The van der Waals surface area contributed by atoms with Crippen molar-refractivity contribution < 1.29 is 24.2 Å². The van der Waals surface area contributed by atoms with E-state index in [1.165, 1.54) is 18.4 Å². The number of hydrogen-bond donors (Lipinski definition) is 2. The first-order valence-electron chi connectivity index (χ1n) is 7.48.